The number of hydrogen-bond donors (Lipinski definition) is 3. The molecular formula is C10H13N3O4. The quantitative estimate of drug-likeness (QED) is 0.576. The van der Waals surface area contributed by atoms with Gasteiger partial charge in [0.05, 0.1) is 6.07 Å². The second-order valence-electron chi connectivity index (χ2n) is 3.75. The predicted molar refractivity (Wildman–Crippen MR) is 55.6 cm³/mol. The van der Waals surface area contributed by atoms with Gasteiger partial charge in [-0.1, -0.05) is 0 Å². The van der Waals surface area contributed by atoms with E-state index < -0.39 is 24.0 Å². The zero-order valence-electron chi connectivity index (χ0n) is 9.10. The lowest BCUT2D eigenvalue weighted by Crippen LogP contribution is -2.48. The van der Waals surface area contributed by atoms with Gasteiger partial charge in [0.1, 0.15) is 12.1 Å². The van der Waals surface area contributed by atoms with Crippen LogP contribution in [0.15, 0.2) is 0 Å². The topological polar surface area (TPSA) is 119 Å². The molecule has 1 saturated heterocycles. The van der Waals surface area contributed by atoms with Gasteiger partial charge in [-0.15, -0.1) is 0 Å². The third-order valence-electron chi connectivity index (χ3n) is 2.47. The van der Waals surface area contributed by atoms with Crippen LogP contribution in [-0.4, -0.2) is 35.0 Å². The number of nitrogens with one attached hydrogen (secondary N) is 2. The maximum atomic E-state index is 11.6. The van der Waals surface area contributed by atoms with E-state index in [1.54, 1.807) is 0 Å². The lowest BCUT2D eigenvalue weighted by atomic mass is 10.1. The van der Waals surface area contributed by atoms with Crippen molar-refractivity contribution in [3.63, 3.8) is 0 Å². The molecule has 2 atom stereocenters. The first kappa shape index (κ1) is 13.0. The fraction of sp³-hybridized carbons (Fsp3) is 0.600. The Labute approximate surface area is 97.8 Å². The van der Waals surface area contributed by atoms with Crippen LogP contribution in [0.3, 0.4) is 0 Å². The summed E-state index contributed by atoms with van der Waals surface area (Å²) >= 11 is 0. The van der Waals surface area contributed by atoms with E-state index in [1.165, 1.54) is 0 Å². The number of carboxylic acids is 1. The van der Waals surface area contributed by atoms with E-state index in [1.807, 2.05) is 6.07 Å². The Kier molecular flexibility index (Phi) is 4.46. The zero-order valence-corrected chi connectivity index (χ0v) is 9.10. The van der Waals surface area contributed by atoms with Crippen molar-refractivity contribution in [3.05, 3.63) is 0 Å². The van der Waals surface area contributed by atoms with E-state index >= 15 is 0 Å². The number of carbonyl (C=O) groups excluding carboxylic acids is 2. The standard InChI is InChI=1S/C10H13N3O4/c11-5-1-2-7(10(16)17)13-9(15)6-3-4-8(14)12-6/h6-7H,1-4H2,(H,12,14)(H,13,15)(H,16,17)/t6-,7-/m0/s1. The number of carboxylic acid groups (broad SMARTS) is 1. The molecule has 1 fully saturated rings. The van der Waals surface area contributed by atoms with Crippen molar-refractivity contribution < 1.29 is 19.5 Å². The molecule has 0 bridgehead atoms. The molecule has 7 heteroatoms. The van der Waals surface area contributed by atoms with Gasteiger partial charge in [-0.25, -0.2) is 4.79 Å². The van der Waals surface area contributed by atoms with Crippen molar-refractivity contribution in [2.45, 2.75) is 37.8 Å². The van der Waals surface area contributed by atoms with Crippen molar-refractivity contribution in [3.8, 4) is 6.07 Å². The van der Waals surface area contributed by atoms with E-state index in [0.29, 0.717) is 6.42 Å². The molecule has 17 heavy (non-hydrogen) atoms. The summed E-state index contributed by atoms with van der Waals surface area (Å²) in [6.07, 6.45) is 0.746. The normalized spacial score (nSPS) is 20.2. The van der Waals surface area contributed by atoms with Crippen molar-refractivity contribution in [1.29, 1.82) is 5.26 Å². The fourth-order valence-electron chi connectivity index (χ4n) is 1.55. The molecule has 1 aliphatic rings. The molecule has 0 aromatic heterocycles. The average Bonchev–Trinajstić information content (AvgIpc) is 2.70. The molecule has 1 heterocycles. The smallest absolute Gasteiger partial charge is 0.326 e. The molecule has 0 radical (unpaired) electrons. The van der Waals surface area contributed by atoms with Gasteiger partial charge in [-0.3, -0.25) is 9.59 Å². The van der Waals surface area contributed by atoms with Crippen molar-refractivity contribution >= 4 is 17.8 Å². The van der Waals surface area contributed by atoms with Gasteiger partial charge in [0, 0.05) is 12.8 Å². The third kappa shape index (κ3) is 3.75. The second kappa shape index (κ2) is 5.84. The molecule has 0 aromatic rings. The van der Waals surface area contributed by atoms with Crippen LogP contribution < -0.4 is 10.6 Å². The number of hydrogen-bond acceptors (Lipinski definition) is 4. The highest BCUT2D eigenvalue weighted by molar-refractivity contribution is 5.92. The molecule has 1 aliphatic heterocycles. The van der Waals surface area contributed by atoms with Gasteiger partial charge in [0.2, 0.25) is 11.8 Å². The number of aliphatic carboxylic acids is 1. The third-order valence-corrected chi connectivity index (χ3v) is 2.47. The molecule has 0 saturated carbocycles. The Morgan fingerprint density at radius 2 is 2.35 bits per heavy atom. The molecular weight excluding hydrogens is 226 g/mol. The summed E-state index contributed by atoms with van der Waals surface area (Å²) in [6.45, 7) is 0. The highest BCUT2D eigenvalue weighted by atomic mass is 16.4. The highest BCUT2D eigenvalue weighted by Gasteiger charge is 2.30. The Morgan fingerprint density at radius 1 is 1.65 bits per heavy atom. The Hall–Kier alpha value is -2.10. The van der Waals surface area contributed by atoms with E-state index in [0.717, 1.165) is 0 Å². The highest BCUT2D eigenvalue weighted by Crippen LogP contribution is 2.07. The Balaban J connectivity index is 2.49. The lowest BCUT2D eigenvalue weighted by Gasteiger charge is -2.16. The van der Waals surface area contributed by atoms with Crippen molar-refractivity contribution in [2.24, 2.45) is 0 Å². The summed E-state index contributed by atoms with van der Waals surface area (Å²) in [7, 11) is 0. The molecule has 0 spiro atoms. The van der Waals surface area contributed by atoms with Gasteiger partial charge in [0.15, 0.2) is 0 Å². The average molecular weight is 239 g/mol. The minimum Gasteiger partial charge on any atom is -0.480 e. The van der Waals surface area contributed by atoms with Gasteiger partial charge in [-0.2, -0.15) is 5.26 Å². The van der Waals surface area contributed by atoms with Crippen molar-refractivity contribution in [1.82, 2.24) is 10.6 Å². The summed E-state index contributed by atoms with van der Waals surface area (Å²) in [5, 5.41) is 22.0. The van der Waals surface area contributed by atoms with E-state index in [-0.39, 0.29) is 25.2 Å². The predicted octanol–water partition coefficient (Wildman–Crippen LogP) is -0.862. The van der Waals surface area contributed by atoms with Crippen LogP contribution in [-0.2, 0) is 14.4 Å². The molecule has 2 amide bonds. The summed E-state index contributed by atoms with van der Waals surface area (Å²) in [4.78, 5) is 33.3. The van der Waals surface area contributed by atoms with Crippen molar-refractivity contribution in [2.75, 3.05) is 0 Å². The minimum absolute atomic E-state index is 0.0499. The minimum atomic E-state index is -1.18. The van der Waals surface area contributed by atoms with E-state index in [9.17, 15) is 14.4 Å². The molecule has 1 rings (SSSR count). The summed E-state index contributed by atoms with van der Waals surface area (Å²) in [6, 6.07) is 0.0742. The molecule has 3 N–H and O–H groups in total. The lowest BCUT2D eigenvalue weighted by molar-refractivity contribution is -0.142. The van der Waals surface area contributed by atoms with Gasteiger partial charge < -0.3 is 15.7 Å². The number of amides is 2. The van der Waals surface area contributed by atoms with Crippen LogP contribution in [0.25, 0.3) is 0 Å². The summed E-state index contributed by atoms with van der Waals surface area (Å²) < 4.78 is 0. The van der Waals surface area contributed by atoms with Gasteiger partial charge >= 0.3 is 5.97 Å². The van der Waals surface area contributed by atoms with Crippen LogP contribution in [0, 0.1) is 11.3 Å². The number of nitrogens with zero attached hydrogens (tertiary/aromatic N) is 1. The number of carbonyl (C=O) groups is 3. The molecule has 92 valence electrons. The van der Waals surface area contributed by atoms with Crippen LogP contribution in [0.4, 0.5) is 0 Å². The first-order valence-corrected chi connectivity index (χ1v) is 5.24. The zero-order chi connectivity index (χ0) is 12.8. The first-order valence-electron chi connectivity index (χ1n) is 5.24. The first-order chi connectivity index (χ1) is 8.04. The molecule has 7 nitrogen and oxygen atoms in total. The molecule has 0 unspecified atom stereocenters. The van der Waals surface area contributed by atoms with Crippen LogP contribution in [0.5, 0.6) is 0 Å². The van der Waals surface area contributed by atoms with E-state index in [2.05, 4.69) is 10.6 Å². The van der Waals surface area contributed by atoms with Crippen LogP contribution in [0.2, 0.25) is 0 Å². The Morgan fingerprint density at radius 3 is 2.82 bits per heavy atom. The summed E-state index contributed by atoms with van der Waals surface area (Å²) in [5.74, 6) is -1.91. The fourth-order valence-corrected chi connectivity index (χ4v) is 1.55. The molecule has 0 aromatic carbocycles. The van der Waals surface area contributed by atoms with Crippen LogP contribution >= 0.6 is 0 Å². The van der Waals surface area contributed by atoms with E-state index in [4.69, 9.17) is 10.4 Å². The number of rotatable bonds is 5. The summed E-state index contributed by atoms with van der Waals surface area (Å²) in [5.41, 5.74) is 0. The maximum Gasteiger partial charge on any atom is 0.326 e. The SMILES string of the molecule is N#CCC[C@H](NC(=O)[C@@H]1CCC(=O)N1)C(=O)O. The van der Waals surface area contributed by atoms with Gasteiger partial charge in [-0.05, 0) is 12.8 Å². The van der Waals surface area contributed by atoms with Crippen LogP contribution in [0.1, 0.15) is 25.7 Å². The van der Waals surface area contributed by atoms with Gasteiger partial charge in [0.25, 0.3) is 0 Å². The Bertz CT molecular complexity index is 374. The molecule has 0 aliphatic carbocycles. The monoisotopic (exact) mass is 239 g/mol. The number of nitriles is 1. The second-order valence-corrected chi connectivity index (χ2v) is 3.75. The maximum absolute atomic E-state index is 11.6. The largest absolute Gasteiger partial charge is 0.480 e.